The van der Waals surface area contributed by atoms with E-state index < -0.39 is 0 Å². The van der Waals surface area contributed by atoms with Crippen molar-refractivity contribution in [3.8, 4) is 0 Å². The molecule has 1 saturated heterocycles. The van der Waals surface area contributed by atoms with Crippen LogP contribution < -0.4 is 5.32 Å². The number of carbonyl (C=O) groups excluding carboxylic acids is 1. The molecule has 0 aliphatic carbocycles. The van der Waals surface area contributed by atoms with Crippen molar-refractivity contribution in [2.45, 2.75) is 39.3 Å². The molecule has 1 aromatic carbocycles. The number of carbonyl (C=O) groups is 1. The summed E-state index contributed by atoms with van der Waals surface area (Å²) in [4.78, 5) is 13.9. The zero-order valence-corrected chi connectivity index (χ0v) is 17.6. The standard InChI is InChI=1S/C19H26N4O2S2/c1-13(2)14-4-6-16(7-5-14)20-18-21-23(19(26)27-18)12-22-10-8-15(9-11-22)17(24)25-3/h4-7,13,15H,8-12H2,1-3H3,(H,20,21). The Morgan fingerprint density at radius 3 is 2.59 bits per heavy atom. The fourth-order valence-electron chi connectivity index (χ4n) is 3.19. The van der Waals surface area contributed by atoms with Crippen LogP contribution in [0, 0.1) is 9.87 Å². The van der Waals surface area contributed by atoms with Gasteiger partial charge in [-0.15, -0.1) is 5.10 Å². The van der Waals surface area contributed by atoms with E-state index in [9.17, 15) is 4.79 Å². The van der Waals surface area contributed by atoms with E-state index in [0.29, 0.717) is 12.6 Å². The van der Waals surface area contributed by atoms with Crippen molar-refractivity contribution in [1.29, 1.82) is 0 Å². The third kappa shape index (κ3) is 5.15. The van der Waals surface area contributed by atoms with Crippen LogP contribution in [0.5, 0.6) is 0 Å². The van der Waals surface area contributed by atoms with Gasteiger partial charge in [0.15, 0.2) is 3.95 Å². The lowest BCUT2D eigenvalue weighted by Crippen LogP contribution is -2.38. The lowest BCUT2D eigenvalue weighted by atomic mass is 9.97. The fourth-order valence-corrected chi connectivity index (χ4v) is 4.20. The molecule has 0 amide bonds. The van der Waals surface area contributed by atoms with Gasteiger partial charge >= 0.3 is 5.97 Å². The summed E-state index contributed by atoms with van der Waals surface area (Å²) in [6, 6.07) is 8.41. The third-order valence-corrected chi connectivity index (χ3v) is 6.11. The second-order valence-electron chi connectivity index (χ2n) is 7.13. The van der Waals surface area contributed by atoms with E-state index >= 15 is 0 Å². The van der Waals surface area contributed by atoms with Crippen LogP contribution in [-0.2, 0) is 16.2 Å². The minimum Gasteiger partial charge on any atom is -0.469 e. The minimum atomic E-state index is -0.102. The molecule has 0 unspecified atom stereocenters. The van der Waals surface area contributed by atoms with Crippen molar-refractivity contribution >= 4 is 40.3 Å². The highest BCUT2D eigenvalue weighted by atomic mass is 32.1. The van der Waals surface area contributed by atoms with E-state index in [1.165, 1.54) is 24.0 Å². The van der Waals surface area contributed by atoms with Gasteiger partial charge in [0.1, 0.15) is 0 Å². The first kappa shape index (κ1) is 20.0. The highest BCUT2D eigenvalue weighted by Gasteiger charge is 2.25. The molecule has 1 aromatic heterocycles. The number of rotatable bonds is 6. The number of nitrogens with zero attached hydrogens (tertiary/aromatic N) is 3. The Morgan fingerprint density at radius 1 is 1.33 bits per heavy atom. The number of piperidine rings is 1. The van der Waals surface area contributed by atoms with Crippen molar-refractivity contribution in [1.82, 2.24) is 14.7 Å². The lowest BCUT2D eigenvalue weighted by Gasteiger charge is -2.30. The molecule has 2 heterocycles. The molecular formula is C19H26N4O2S2. The van der Waals surface area contributed by atoms with Gasteiger partial charge in [-0.1, -0.05) is 37.3 Å². The summed E-state index contributed by atoms with van der Waals surface area (Å²) in [7, 11) is 1.45. The molecule has 1 aliphatic heterocycles. The number of methoxy groups -OCH3 is 1. The fraction of sp³-hybridized carbons (Fsp3) is 0.526. The van der Waals surface area contributed by atoms with Crippen molar-refractivity contribution < 1.29 is 9.53 Å². The molecule has 0 bridgehead atoms. The average molecular weight is 407 g/mol. The van der Waals surface area contributed by atoms with Crippen molar-refractivity contribution in [3.05, 3.63) is 33.8 Å². The summed E-state index contributed by atoms with van der Waals surface area (Å²) in [6.45, 7) is 6.71. The molecule has 0 radical (unpaired) electrons. The molecular weight excluding hydrogens is 380 g/mol. The van der Waals surface area contributed by atoms with Crippen LogP contribution in [0.25, 0.3) is 0 Å². The number of anilines is 2. The Bertz CT molecular complexity index is 821. The van der Waals surface area contributed by atoms with E-state index in [1.54, 1.807) is 0 Å². The molecule has 1 N–H and O–H groups in total. The molecule has 1 aliphatic rings. The van der Waals surface area contributed by atoms with Gasteiger partial charge in [-0.3, -0.25) is 9.69 Å². The second-order valence-corrected chi connectivity index (χ2v) is 8.75. The minimum absolute atomic E-state index is 0.0145. The zero-order chi connectivity index (χ0) is 19.4. The predicted molar refractivity (Wildman–Crippen MR) is 111 cm³/mol. The number of likely N-dealkylation sites (tertiary alicyclic amines) is 1. The molecule has 8 heteroatoms. The van der Waals surface area contributed by atoms with Crippen molar-refractivity contribution in [3.63, 3.8) is 0 Å². The first-order valence-corrected chi connectivity index (χ1v) is 10.4. The number of hydrogen-bond acceptors (Lipinski definition) is 7. The maximum absolute atomic E-state index is 11.6. The van der Waals surface area contributed by atoms with Crippen LogP contribution in [0.2, 0.25) is 0 Å². The van der Waals surface area contributed by atoms with Gasteiger partial charge in [-0.05, 0) is 48.7 Å². The Hall–Kier alpha value is -1.77. The first-order valence-electron chi connectivity index (χ1n) is 9.21. The van der Waals surface area contributed by atoms with Crippen LogP contribution in [0.15, 0.2) is 24.3 Å². The van der Waals surface area contributed by atoms with E-state index in [4.69, 9.17) is 17.0 Å². The van der Waals surface area contributed by atoms with Crippen LogP contribution in [0.4, 0.5) is 10.8 Å². The number of hydrogen-bond donors (Lipinski definition) is 1. The third-order valence-electron chi connectivity index (χ3n) is 4.89. The molecule has 27 heavy (non-hydrogen) atoms. The van der Waals surface area contributed by atoms with E-state index in [1.807, 2.05) is 4.68 Å². The van der Waals surface area contributed by atoms with Crippen LogP contribution in [-0.4, -0.2) is 40.8 Å². The lowest BCUT2D eigenvalue weighted by molar-refractivity contribution is -0.147. The van der Waals surface area contributed by atoms with Gasteiger partial charge in [0.05, 0.1) is 19.7 Å². The van der Waals surface area contributed by atoms with Gasteiger partial charge in [0, 0.05) is 18.8 Å². The van der Waals surface area contributed by atoms with Gasteiger partial charge in [-0.25, -0.2) is 4.68 Å². The number of nitrogens with one attached hydrogen (secondary N) is 1. The smallest absolute Gasteiger partial charge is 0.308 e. The predicted octanol–water partition coefficient (Wildman–Crippen LogP) is 4.38. The Morgan fingerprint density at radius 2 is 2.00 bits per heavy atom. The zero-order valence-electron chi connectivity index (χ0n) is 16.0. The summed E-state index contributed by atoms with van der Waals surface area (Å²) < 4.78 is 7.44. The van der Waals surface area contributed by atoms with Gasteiger partial charge < -0.3 is 10.1 Å². The molecule has 2 aromatic rings. The molecule has 6 nitrogen and oxygen atoms in total. The molecule has 1 fully saturated rings. The summed E-state index contributed by atoms with van der Waals surface area (Å²) in [5, 5.41) is 8.75. The van der Waals surface area contributed by atoms with E-state index in [2.05, 4.69) is 53.4 Å². The summed E-state index contributed by atoms with van der Waals surface area (Å²) in [6.07, 6.45) is 1.63. The summed E-state index contributed by atoms with van der Waals surface area (Å²) in [5.41, 5.74) is 2.32. The van der Waals surface area contributed by atoms with Crippen molar-refractivity contribution in [2.24, 2.45) is 5.92 Å². The SMILES string of the molecule is COC(=O)C1CCN(Cn2nc(Nc3ccc(C(C)C)cc3)sc2=S)CC1. The highest BCUT2D eigenvalue weighted by molar-refractivity contribution is 7.73. The summed E-state index contributed by atoms with van der Waals surface area (Å²) >= 11 is 6.95. The number of aromatic nitrogens is 2. The van der Waals surface area contributed by atoms with Crippen LogP contribution in [0.1, 0.15) is 38.2 Å². The molecule has 0 saturated carbocycles. The largest absolute Gasteiger partial charge is 0.469 e. The quantitative estimate of drug-likeness (QED) is 0.567. The normalized spacial score (nSPS) is 15.9. The molecule has 0 atom stereocenters. The maximum Gasteiger partial charge on any atom is 0.308 e. The Labute approximate surface area is 169 Å². The van der Waals surface area contributed by atoms with E-state index in [-0.39, 0.29) is 11.9 Å². The monoisotopic (exact) mass is 406 g/mol. The topological polar surface area (TPSA) is 59.4 Å². The van der Waals surface area contributed by atoms with Crippen LogP contribution in [0.3, 0.4) is 0 Å². The maximum atomic E-state index is 11.6. The number of esters is 1. The number of benzene rings is 1. The first-order chi connectivity index (χ1) is 13.0. The Balaban J connectivity index is 1.58. The van der Waals surface area contributed by atoms with Crippen molar-refractivity contribution in [2.75, 3.05) is 25.5 Å². The Kier molecular flexibility index (Phi) is 6.62. The van der Waals surface area contributed by atoms with Crippen LogP contribution >= 0.6 is 23.6 Å². The molecule has 146 valence electrons. The number of ether oxygens (including phenoxy) is 1. The van der Waals surface area contributed by atoms with E-state index in [0.717, 1.165) is 40.7 Å². The van der Waals surface area contributed by atoms with Gasteiger partial charge in [-0.2, -0.15) is 0 Å². The average Bonchev–Trinajstić information content (AvgIpc) is 3.01. The van der Waals surface area contributed by atoms with Gasteiger partial charge in [0.25, 0.3) is 0 Å². The second kappa shape index (κ2) is 8.95. The highest BCUT2D eigenvalue weighted by Crippen LogP contribution is 2.24. The summed E-state index contributed by atoms with van der Waals surface area (Å²) in [5.74, 6) is 0.430. The molecule has 0 spiro atoms. The molecule has 3 rings (SSSR count). The van der Waals surface area contributed by atoms with Gasteiger partial charge in [0.2, 0.25) is 5.13 Å².